The molecule has 4 aromatic rings. The van der Waals surface area contributed by atoms with Gasteiger partial charge >= 0.3 is 0 Å². The SMILES string of the molecule is C[C@@H](CN[C@H](c1ccccc1)[C@H]1CNc2cc(-c3cnn(C)c3)cnc2N1)c1ccc(C#N)cc1. The average Bonchev–Trinajstić information content (AvgIpc) is 3.35. The zero-order valence-electron chi connectivity index (χ0n) is 19.9. The molecule has 35 heavy (non-hydrogen) atoms. The predicted molar refractivity (Wildman–Crippen MR) is 139 cm³/mol. The number of fused-ring (bicyclic) bond motifs is 1. The predicted octanol–water partition coefficient (Wildman–Crippen LogP) is 4.69. The Morgan fingerprint density at radius 1 is 1.09 bits per heavy atom. The molecule has 0 radical (unpaired) electrons. The molecule has 1 aliphatic heterocycles. The summed E-state index contributed by atoms with van der Waals surface area (Å²) in [5.41, 5.74) is 6.22. The van der Waals surface area contributed by atoms with Gasteiger partial charge in [0.25, 0.3) is 0 Å². The number of nitrogens with one attached hydrogen (secondary N) is 3. The van der Waals surface area contributed by atoms with Crippen molar-refractivity contribution in [2.45, 2.75) is 24.9 Å². The molecule has 3 N–H and O–H groups in total. The van der Waals surface area contributed by atoms with Crippen molar-refractivity contribution in [3.05, 3.63) is 95.9 Å². The summed E-state index contributed by atoms with van der Waals surface area (Å²) in [4.78, 5) is 4.73. The quantitative estimate of drug-likeness (QED) is 0.368. The van der Waals surface area contributed by atoms with Gasteiger partial charge < -0.3 is 16.0 Å². The van der Waals surface area contributed by atoms with Crippen LogP contribution in [0.3, 0.4) is 0 Å². The molecular formula is C28H29N7. The first-order chi connectivity index (χ1) is 17.1. The van der Waals surface area contributed by atoms with E-state index in [0.717, 1.165) is 35.7 Å². The van der Waals surface area contributed by atoms with Gasteiger partial charge in [0, 0.05) is 43.7 Å². The van der Waals surface area contributed by atoms with E-state index in [1.54, 1.807) is 4.68 Å². The van der Waals surface area contributed by atoms with Crippen LogP contribution in [0.25, 0.3) is 11.1 Å². The van der Waals surface area contributed by atoms with Crippen LogP contribution in [0.4, 0.5) is 11.5 Å². The summed E-state index contributed by atoms with van der Waals surface area (Å²) in [7, 11) is 1.92. The van der Waals surface area contributed by atoms with Gasteiger partial charge in [0.2, 0.25) is 0 Å². The number of hydrogen-bond donors (Lipinski definition) is 3. The molecule has 0 aliphatic carbocycles. The zero-order valence-corrected chi connectivity index (χ0v) is 19.9. The Morgan fingerprint density at radius 3 is 2.60 bits per heavy atom. The zero-order chi connectivity index (χ0) is 24.2. The second kappa shape index (κ2) is 10.00. The summed E-state index contributed by atoms with van der Waals surface area (Å²) in [6.45, 7) is 3.78. The van der Waals surface area contributed by atoms with E-state index in [-0.39, 0.29) is 12.1 Å². The topological polar surface area (TPSA) is 90.6 Å². The molecule has 0 unspecified atom stereocenters. The Hall–Kier alpha value is -4.15. The fourth-order valence-corrected chi connectivity index (χ4v) is 4.55. The number of pyridine rings is 1. The summed E-state index contributed by atoms with van der Waals surface area (Å²) in [6.07, 6.45) is 5.74. The van der Waals surface area contributed by atoms with E-state index in [2.05, 4.69) is 64.4 Å². The number of benzene rings is 2. The Labute approximate surface area is 205 Å². The highest BCUT2D eigenvalue weighted by atomic mass is 15.2. The van der Waals surface area contributed by atoms with Crippen LogP contribution in [0.15, 0.2) is 79.3 Å². The average molecular weight is 464 g/mol. The summed E-state index contributed by atoms with van der Waals surface area (Å²) in [5.74, 6) is 1.16. The maximum Gasteiger partial charge on any atom is 0.149 e. The van der Waals surface area contributed by atoms with Gasteiger partial charge in [0.1, 0.15) is 5.82 Å². The highest BCUT2D eigenvalue weighted by molar-refractivity contribution is 5.75. The molecule has 3 atom stereocenters. The fourth-order valence-electron chi connectivity index (χ4n) is 4.55. The lowest BCUT2D eigenvalue weighted by molar-refractivity contribution is 0.453. The standard InChI is InChI=1S/C28H29N7/c1-19(21-10-8-20(13-29)9-11-21)14-31-27(22-6-4-3-5-7-22)26-17-30-25-12-23(15-32-28(25)34-26)24-16-33-35(2)18-24/h3-12,15-16,18-19,26-27,30-31H,14,17H2,1-2H3,(H,32,34)/t19-,26+,27+/m0/s1. The minimum Gasteiger partial charge on any atom is -0.380 e. The van der Waals surface area contributed by atoms with E-state index in [0.29, 0.717) is 11.5 Å². The van der Waals surface area contributed by atoms with Crippen molar-refractivity contribution in [2.75, 3.05) is 23.7 Å². The van der Waals surface area contributed by atoms with Crippen LogP contribution in [-0.2, 0) is 7.05 Å². The molecule has 7 heteroatoms. The van der Waals surface area contributed by atoms with Crippen LogP contribution < -0.4 is 16.0 Å². The Balaban J connectivity index is 1.33. The van der Waals surface area contributed by atoms with Crippen molar-refractivity contribution < 1.29 is 0 Å². The summed E-state index contributed by atoms with van der Waals surface area (Å²) in [5, 5.41) is 24.4. The number of aryl methyl sites for hydroxylation is 1. The van der Waals surface area contributed by atoms with Gasteiger partial charge in [-0.1, -0.05) is 49.4 Å². The molecule has 176 valence electrons. The van der Waals surface area contributed by atoms with E-state index in [1.807, 2.05) is 56.0 Å². The summed E-state index contributed by atoms with van der Waals surface area (Å²) < 4.78 is 1.80. The van der Waals surface area contributed by atoms with E-state index in [1.165, 1.54) is 11.1 Å². The van der Waals surface area contributed by atoms with Crippen LogP contribution in [0.2, 0.25) is 0 Å². The van der Waals surface area contributed by atoms with Crippen LogP contribution in [0, 0.1) is 11.3 Å². The smallest absolute Gasteiger partial charge is 0.149 e. The molecule has 3 heterocycles. The van der Waals surface area contributed by atoms with Gasteiger partial charge in [-0.2, -0.15) is 10.4 Å². The number of hydrogen-bond acceptors (Lipinski definition) is 6. The number of nitrogens with zero attached hydrogens (tertiary/aromatic N) is 4. The molecule has 0 saturated carbocycles. The molecule has 5 rings (SSSR count). The number of rotatable bonds is 7. The van der Waals surface area contributed by atoms with Crippen LogP contribution in [0.5, 0.6) is 0 Å². The Bertz CT molecular complexity index is 1320. The van der Waals surface area contributed by atoms with Crippen molar-refractivity contribution in [3.8, 4) is 17.2 Å². The third-order valence-electron chi connectivity index (χ3n) is 6.57. The van der Waals surface area contributed by atoms with E-state index in [4.69, 9.17) is 10.2 Å². The maximum atomic E-state index is 9.07. The molecule has 7 nitrogen and oxygen atoms in total. The second-order valence-electron chi connectivity index (χ2n) is 9.09. The van der Waals surface area contributed by atoms with Crippen molar-refractivity contribution in [3.63, 3.8) is 0 Å². The van der Waals surface area contributed by atoms with Gasteiger partial charge in [-0.05, 0) is 35.2 Å². The highest BCUT2D eigenvalue weighted by Gasteiger charge is 2.28. The Kier molecular flexibility index (Phi) is 6.47. The first-order valence-electron chi connectivity index (χ1n) is 11.9. The third kappa shape index (κ3) is 5.03. The van der Waals surface area contributed by atoms with E-state index >= 15 is 0 Å². The van der Waals surface area contributed by atoms with Gasteiger partial charge in [0.05, 0.1) is 35.6 Å². The van der Waals surface area contributed by atoms with Crippen LogP contribution in [-0.4, -0.2) is 33.9 Å². The molecule has 1 aliphatic rings. The van der Waals surface area contributed by atoms with Crippen molar-refractivity contribution in [2.24, 2.45) is 7.05 Å². The van der Waals surface area contributed by atoms with E-state index < -0.39 is 0 Å². The third-order valence-corrected chi connectivity index (χ3v) is 6.57. The number of anilines is 2. The maximum absolute atomic E-state index is 9.07. The van der Waals surface area contributed by atoms with Crippen molar-refractivity contribution >= 4 is 11.5 Å². The first kappa shape index (κ1) is 22.6. The number of nitriles is 1. The van der Waals surface area contributed by atoms with Gasteiger partial charge in [-0.15, -0.1) is 0 Å². The highest BCUT2D eigenvalue weighted by Crippen LogP contribution is 2.32. The van der Waals surface area contributed by atoms with Crippen LogP contribution >= 0.6 is 0 Å². The lowest BCUT2D eigenvalue weighted by atomic mass is 9.95. The molecule has 0 fully saturated rings. The lowest BCUT2D eigenvalue weighted by Gasteiger charge is -2.35. The fraction of sp³-hybridized carbons (Fsp3) is 0.250. The van der Waals surface area contributed by atoms with Crippen molar-refractivity contribution in [1.82, 2.24) is 20.1 Å². The van der Waals surface area contributed by atoms with Gasteiger partial charge in [0.15, 0.2) is 0 Å². The minimum absolute atomic E-state index is 0.0949. The second-order valence-corrected chi connectivity index (χ2v) is 9.09. The Morgan fingerprint density at radius 2 is 1.89 bits per heavy atom. The molecule has 0 saturated heterocycles. The molecule has 2 aromatic heterocycles. The van der Waals surface area contributed by atoms with Gasteiger partial charge in [-0.25, -0.2) is 4.98 Å². The lowest BCUT2D eigenvalue weighted by Crippen LogP contribution is -2.45. The summed E-state index contributed by atoms with van der Waals surface area (Å²) in [6, 6.07) is 22.9. The summed E-state index contributed by atoms with van der Waals surface area (Å²) >= 11 is 0. The minimum atomic E-state index is 0.0949. The normalized spacial score (nSPS) is 16.3. The van der Waals surface area contributed by atoms with Crippen LogP contribution in [0.1, 0.15) is 35.6 Å². The number of aromatic nitrogens is 3. The molecule has 0 spiro atoms. The molecular weight excluding hydrogens is 434 g/mol. The van der Waals surface area contributed by atoms with Gasteiger partial charge in [-0.3, -0.25) is 4.68 Å². The van der Waals surface area contributed by atoms with Crippen molar-refractivity contribution in [1.29, 1.82) is 5.26 Å². The monoisotopic (exact) mass is 463 g/mol. The molecule has 2 aromatic carbocycles. The van der Waals surface area contributed by atoms with E-state index in [9.17, 15) is 0 Å². The first-order valence-corrected chi connectivity index (χ1v) is 11.9. The largest absolute Gasteiger partial charge is 0.380 e. The molecule has 0 amide bonds. The molecule has 0 bridgehead atoms.